The van der Waals surface area contributed by atoms with Crippen LogP contribution in [-0.4, -0.2) is 55.5 Å². The molecule has 0 aliphatic rings. The third-order valence-electron chi connectivity index (χ3n) is 4.08. The van der Waals surface area contributed by atoms with E-state index in [1.54, 1.807) is 32.9 Å². The number of carbonyl (C=O) groups is 3. The second kappa shape index (κ2) is 10.3. The first-order valence-corrected chi connectivity index (χ1v) is 9.21. The first-order chi connectivity index (χ1) is 13.8. The molecule has 0 radical (unpaired) electrons. The Morgan fingerprint density at radius 2 is 1.90 bits per heavy atom. The molecule has 1 aromatic heterocycles. The number of hydrogen-bond donors (Lipinski definition) is 1. The highest BCUT2D eigenvalue weighted by Crippen LogP contribution is 2.22. The van der Waals surface area contributed by atoms with Crippen molar-refractivity contribution in [3.63, 3.8) is 0 Å². The quantitative estimate of drug-likeness (QED) is 0.490. The maximum Gasteiger partial charge on any atom is 0.344 e. The molecule has 0 atom stereocenters. The molecule has 1 N–H and O–H groups in total. The number of benzene rings is 1. The molecule has 2 rings (SSSR count). The first kappa shape index (κ1) is 21.9. The summed E-state index contributed by atoms with van der Waals surface area (Å²) >= 11 is 0. The van der Waals surface area contributed by atoms with Gasteiger partial charge in [0.2, 0.25) is 5.91 Å². The lowest BCUT2D eigenvalue weighted by molar-refractivity contribution is -0.154. The molecule has 0 unspecified atom stereocenters. The van der Waals surface area contributed by atoms with E-state index in [1.807, 2.05) is 0 Å². The van der Waals surface area contributed by atoms with Gasteiger partial charge >= 0.3 is 11.6 Å². The molecule has 1 heterocycles. The van der Waals surface area contributed by atoms with Crippen LogP contribution in [0.1, 0.15) is 19.4 Å². The molecule has 9 heteroatoms. The number of aryl methyl sites for hydroxylation is 1. The summed E-state index contributed by atoms with van der Waals surface area (Å²) in [6.45, 7) is 5.07. The highest BCUT2D eigenvalue weighted by molar-refractivity contribution is 5.86. The fraction of sp³-hybridized carbons (Fsp3) is 0.400. The van der Waals surface area contributed by atoms with Crippen LogP contribution in [0.5, 0.6) is 5.75 Å². The van der Waals surface area contributed by atoms with Gasteiger partial charge in [0.15, 0.2) is 13.2 Å². The minimum Gasteiger partial charge on any atom is -0.482 e. The normalized spacial score (nSPS) is 10.4. The first-order valence-electron chi connectivity index (χ1n) is 9.21. The molecule has 1 aromatic carbocycles. The summed E-state index contributed by atoms with van der Waals surface area (Å²) in [5.74, 6) is -1.18. The highest BCUT2D eigenvalue weighted by atomic mass is 16.6. The minimum absolute atomic E-state index is 0.0983. The van der Waals surface area contributed by atoms with Crippen molar-refractivity contribution in [1.82, 2.24) is 10.2 Å². The largest absolute Gasteiger partial charge is 0.482 e. The lowest BCUT2D eigenvalue weighted by Crippen LogP contribution is -2.42. The fourth-order valence-corrected chi connectivity index (χ4v) is 2.62. The molecular weight excluding hydrogens is 380 g/mol. The number of carbonyl (C=O) groups excluding carboxylic acids is 3. The Balaban J connectivity index is 1.86. The zero-order valence-electron chi connectivity index (χ0n) is 16.6. The zero-order valence-corrected chi connectivity index (χ0v) is 16.6. The summed E-state index contributed by atoms with van der Waals surface area (Å²) < 4.78 is 15.4. The molecule has 0 bridgehead atoms. The van der Waals surface area contributed by atoms with Crippen molar-refractivity contribution in [2.45, 2.75) is 20.8 Å². The topological polar surface area (TPSA) is 115 Å². The van der Waals surface area contributed by atoms with Crippen molar-refractivity contribution in [3.05, 3.63) is 40.2 Å². The average molecular weight is 404 g/mol. The van der Waals surface area contributed by atoms with E-state index in [0.29, 0.717) is 24.4 Å². The number of ether oxygens (including phenoxy) is 2. The minimum atomic E-state index is -0.738. The number of nitrogens with zero attached hydrogens (tertiary/aromatic N) is 1. The Hall–Kier alpha value is -3.36. The van der Waals surface area contributed by atoms with Crippen molar-refractivity contribution in [2.24, 2.45) is 0 Å². The summed E-state index contributed by atoms with van der Waals surface area (Å²) in [7, 11) is 0. The maximum atomic E-state index is 12.1. The van der Waals surface area contributed by atoms with E-state index in [9.17, 15) is 19.2 Å². The van der Waals surface area contributed by atoms with Gasteiger partial charge in [0.25, 0.3) is 5.91 Å². The molecule has 0 saturated heterocycles. The van der Waals surface area contributed by atoms with Gasteiger partial charge in [0, 0.05) is 30.6 Å². The van der Waals surface area contributed by atoms with Crippen LogP contribution in [-0.2, 0) is 19.1 Å². The van der Waals surface area contributed by atoms with Crippen LogP contribution in [0.2, 0.25) is 0 Å². The standard InChI is InChI=1S/C20H24N2O7/c1-4-21-17(23)10-22(5-2)18(24)11-28-20(26)12-27-14-6-7-15-13(3)8-19(25)29-16(15)9-14/h6-9H,4-5,10-12H2,1-3H3,(H,21,23). The molecule has 2 amide bonds. The van der Waals surface area contributed by atoms with Crippen LogP contribution in [0.15, 0.2) is 33.5 Å². The molecule has 2 aromatic rings. The summed E-state index contributed by atoms with van der Waals surface area (Å²) in [4.78, 5) is 48.3. The van der Waals surface area contributed by atoms with Gasteiger partial charge in [0.05, 0.1) is 6.54 Å². The van der Waals surface area contributed by atoms with E-state index >= 15 is 0 Å². The van der Waals surface area contributed by atoms with Gasteiger partial charge in [-0.25, -0.2) is 9.59 Å². The lowest BCUT2D eigenvalue weighted by Gasteiger charge is -2.20. The summed E-state index contributed by atoms with van der Waals surface area (Å²) in [6, 6.07) is 6.26. The Morgan fingerprint density at radius 1 is 1.14 bits per heavy atom. The molecule has 0 spiro atoms. The van der Waals surface area contributed by atoms with E-state index in [0.717, 1.165) is 10.9 Å². The smallest absolute Gasteiger partial charge is 0.344 e. The number of esters is 1. The average Bonchev–Trinajstić information content (AvgIpc) is 2.68. The van der Waals surface area contributed by atoms with Crippen LogP contribution in [0.3, 0.4) is 0 Å². The third-order valence-corrected chi connectivity index (χ3v) is 4.08. The molecule has 0 aliphatic heterocycles. The maximum absolute atomic E-state index is 12.1. The van der Waals surface area contributed by atoms with E-state index in [4.69, 9.17) is 13.9 Å². The number of hydrogen-bond acceptors (Lipinski definition) is 7. The van der Waals surface area contributed by atoms with Crippen LogP contribution < -0.4 is 15.7 Å². The zero-order chi connectivity index (χ0) is 21.4. The van der Waals surface area contributed by atoms with Crippen LogP contribution >= 0.6 is 0 Å². The van der Waals surface area contributed by atoms with E-state index in [2.05, 4.69) is 5.32 Å². The van der Waals surface area contributed by atoms with Gasteiger partial charge in [-0.3, -0.25) is 9.59 Å². The van der Waals surface area contributed by atoms with Crippen molar-refractivity contribution >= 4 is 28.8 Å². The molecule has 9 nitrogen and oxygen atoms in total. The predicted molar refractivity (Wildman–Crippen MR) is 105 cm³/mol. The number of fused-ring (bicyclic) bond motifs is 1. The Morgan fingerprint density at radius 3 is 2.59 bits per heavy atom. The van der Waals surface area contributed by atoms with Crippen molar-refractivity contribution in [3.8, 4) is 5.75 Å². The summed E-state index contributed by atoms with van der Waals surface area (Å²) in [5.41, 5.74) is 0.645. The van der Waals surface area contributed by atoms with E-state index in [-0.39, 0.29) is 12.5 Å². The second-order valence-corrected chi connectivity index (χ2v) is 6.22. The van der Waals surface area contributed by atoms with Crippen molar-refractivity contribution in [1.29, 1.82) is 0 Å². The highest BCUT2D eigenvalue weighted by Gasteiger charge is 2.17. The SMILES string of the molecule is CCNC(=O)CN(CC)C(=O)COC(=O)COc1ccc2c(C)cc(=O)oc2c1. The van der Waals surface area contributed by atoms with E-state index in [1.165, 1.54) is 17.0 Å². The van der Waals surface area contributed by atoms with Crippen LogP contribution in [0, 0.1) is 6.92 Å². The summed E-state index contributed by atoms with van der Waals surface area (Å²) in [6.07, 6.45) is 0. The predicted octanol–water partition coefficient (Wildman–Crippen LogP) is 1.01. The van der Waals surface area contributed by atoms with Gasteiger partial charge < -0.3 is 24.1 Å². The number of likely N-dealkylation sites (N-methyl/N-ethyl adjacent to an activating group) is 2. The van der Waals surface area contributed by atoms with Gasteiger partial charge in [-0.2, -0.15) is 0 Å². The monoisotopic (exact) mass is 404 g/mol. The Labute approximate surface area is 167 Å². The fourth-order valence-electron chi connectivity index (χ4n) is 2.62. The molecule has 156 valence electrons. The number of amides is 2. The number of rotatable bonds is 9. The lowest BCUT2D eigenvalue weighted by atomic mass is 10.1. The van der Waals surface area contributed by atoms with Gasteiger partial charge in [-0.05, 0) is 38.5 Å². The Bertz CT molecular complexity index is 951. The number of nitrogens with one attached hydrogen (secondary N) is 1. The molecular formula is C20H24N2O7. The van der Waals surface area contributed by atoms with Gasteiger partial charge in [-0.1, -0.05) is 0 Å². The van der Waals surface area contributed by atoms with Gasteiger partial charge in [-0.15, -0.1) is 0 Å². The second-order valence-electron chi connectivity index (χ2n) is 6.22. The molecule has 0 fully saturated rings. The van der Waals surface area contributed by atoms with E-state index < -0.39 is 30.7 Å². The molecule has 29 heavy (non-hydrogen) atoms. The van der Waals surface area contributed by atoms with Crippen molar-refractivity contribution < 1.29 is 28.3 Å². The van der Waals surface area contributed by atoms with Crippen LogP contribution in [0.4, 0.5) is 0 Å². The Kier molecular flexibility index (Phi) is 7.76. The van der Waals surface area contributed by atoms with Gasteiger partial charge in [0.1, 0.15) is 11.3 Å². The molecule has 0 saturated carbocycles. The van der Waals surface area contributed by atoms with Crippen molar-refractivity contribution in [2.75, 3.05) is 32.8 Å². The third kappa shape index (κ3) is 6.34. The molecule has 0 aliphatic carbocycles. The van der Waals surface area contributed by atoms with Crippen LogP contribution in [0.25, 0.3) is 11.0 Å². The summed E-state index contributed by atoms with van der Waals surface area (Å²) in [5, 5.41) is 3.36.